The predicted octanol–water partition coefficient (Wildman–Crippen LogP) is 4.07. The molecular formula is C25H29F3N6O3. The fraction of sp³-hybridized carbons (Fsp3) is 0.400. The predicted molar refractivity (Wildman–Crippen MR) is 133 cm³/mol. The summed E-state index contributed by atoms with van der Waals surface area (Å²) in [5, 5.41) is 19.1. The average Bonchev–Trinajstić information content (AvgIpc) is 3.28. The monoisotopic (exact) mass is 518 g/mol. The number of non-ortho nitro benzene ring substituents is 1. The molecule has 0 unspecified atom stereocenters. The van der Waals surface area contributed by atoms with Crippen molar-refractivity contribution in [2.24, 2.45) is 0 Å². The summed E-state index contributed by atoms with van der Waals surface area (Å²) in [6.07, 6.45) is -3.77. The highest BCUT2D eigenvalue weighted by atomic mass is 19.4. The van der Waals surface area contributed by atoms with Crippen LogP contribution in [0, 0.1) is 10.1 Å². The van der Waals surface area contributed by atoms with Gasteiger partial charge in [-0.2, -0.15) is 5.10 Å². The summed E-state index contributed by atoms with van der Waals surface area (Å²) in [6.45, 7) is 6.61. The number of nitro benzene ring substituents is 1. The van der Waals surface area contributed by atoms with Crippen LogP contribution < -0.4 is 10.1 Å². The lowest BCUT2D eigenvalue weighted by molar-refractivity contribution is -0.384. The Morgan fingerprint density at radius 3 is 2.35 bits per heavy atom. The first-order valence-corrected chi connectivity index (χ1v) is 12.0. The van der Waals surface area contributed by atoms with Crippen LogP contribution in [0.4, 0.5) is 18.9 Å². The fourth-order valence-corrected chi connectivity index (χ4v) is 4.17. The number of hydrogen-bond acceptors (Lipinski definition) is 7. The van der Waals surface area contributed by atoms with Crippen molar-refractivity contribution in [1.82, 2.24) is 24.9 Å². The Kier molecular flexibility index (Phi) is 8.41. The van der Waals surface area contributed by atoms with Crippen LogP contribution in [-0.4, -0.2) is 77.2 Å². The molecule has 2 aromatic carbocycles. The molecule has 0 atom stereocenters. The van der Waals surface area contributed by atoms with Crippen LogP contribution in [0.1, 0.15) is 12.1 Å². The van der Waals surface area contributed by atoms with E-state index in [1.165, 1.54) is 36.4 Å². The van der Waals surface area contributed by atoms with Gasteiger partial charge in [0, 0.05) is 50.4 Å². The van der Waals surface area contributed by atoms with Gasteiger partial charge in [-0.15, -0.1) is 13.2 Å². The zero-order chi connectivity index (χ0) is 26.4. The van der Waals surface area contributed by atoms with Gasteiger partial charge in [-0.3, -0.25) is 10.1 Å². The molecule has 4 rings (SSSR count). The van der Waals surface area contributed by atoms with Gasteiger partial charge < -0.3 is 19.9 Å². The van der Waals surface area contributed by atoms with E-state index in [1.807, 2.05) is 6.07 Å². The Labute approximate surface area is 212 Å². The largest absolute Gasteiger partial charge is 0.573 e. The third-order valence-corrected chi connectivity index (χ3v) is 6.20. The lowest BCUT2D eigenvalue weighted by Crippen LogP contribution is -2.45. The molecule has 0 bridgehead atoms. The highest BCUT2D eigenvalue weighted by molar-refractivity contribution is 5.61. The standard InChI is InChI=1S/C25H29F3N6O3/c1-31-13-15-32(16-14-31)12-2-11-29-18-22-17-24(19-3-9-23(10-4-19)37-25(26,27)28)30-33(22)20-5-7-21(8-6-20)34(35)36/h3-10,17,29H,2,11-16,18H2,1H3. The Bertz CT molecular complexity index is 1170. The molecule has 1 N–H and O–H groups in total. The number of nitrogens with zero attached hydrogens (tertiary/aromatic N) is 5. The van der Waals surface area contributed by atoms with E-state index < -0.39 is 11.3 Å². The lowest BCUT2D eigenvalue weighted by Gasteiger charge is -2.32. The number of hydrogen-bond donors (Lipinski definition) is 1. The summed E-state index contributed by atoms with van der Waals surface area (Å²) in [5.41, 5.74) is 2.61. The normalized spacial score (nSPS) is 15.1. The quantitative estimate of drug-likeness (QED) is 0.246. The van der Waals surface area contributed by atoms with Crippen molar-refractivity contribution in [2.45, 2.75) is 19.3 Å². The van der Waals surface area contributed by atoms with Crippen molar-refractivity contribution in [1.29, 1.82) is 0 Å². The van der Waals surface area contributed by atoms with Crippen molar-refractivity contribution >= 4 is 5.69 Å². The molecule has 0 saturated carbocycles. The molecule has 1 fully saturated rings. The molecule has 12 heteroatoms. The molecule has 1 aliphatic heterocycles. The van der Waals surface area contributed by atoms with Gasteiger partial charge in [-0.25, -0.2) is 4.68 Å². The number of nitro groups is 1. The topological polar surface area (TPSA) is 88.7 Å². The maximum Gasteiger partial charge on any atom is 0.573 e. The zero-order valence-corrected chi connectivity index (χ0v) is 20.4. The molecule has 37 heavy (non-hydrogen) atoms. The molecule has 9 nitrogen and oxygen atoms in total. The molecule has 0 spiro atoms. The molecule has 198 valence electrons. The summed E-state index contributed by atoms with van der Waals surface area (Å²) < 4.78 is 43.1. The Balaban J connectivity index is 1.46. The van der Waals surface area contributed by atoms with Crippen LogP contribution in [0.25, 0.3) is 16.9 Å². The van der Waals surface area contributed by atoms with Gasteiger partial charge in [0.25, 0.3) is 5.69 Å². The molecule has 0 aliphatic carbocycles. The third-order valence-electron chi connectivity index (χ3n) is 6.20. The minimum absolute atomic E-state index is 0.0278. The third kappa shape index (κ3) is 7.51. The number of aromatic nitrogens is 2. The van der Waals surface area contributed by atoms with E-state index in [-0.39, 0.29) is 11.4 Å². The van der Waals surface area contributed by atoms with Crippen LogP contribution in [0.5, 0.6) is 5.75 Å². The van der Waals surface area contributed by atoms with Crippen molar-refractivity contribution in [3.63, 3.8) is 0 Å². The minimum atomic E-state index is -4.76. The smallest absolute Gasteiger partial charge is 0.406 e. The number of halogens is 3. The number of benzene rings is 2. The molecule has 0 amide bonds. The number of nitrogens with one attached hydrogen (secondary N) is 1. The van der Waals surface area contributed by atoms with Gasteiger partial charge in [-0.05, 0) is 69.0 Å². The van der Waals surface area contributed by atoms with Crippen molar-refractivity contribution < 1.29 is 22.8 Å². The van der Waals surface area contributed by atoms with E-state index in [1.54, 1.807) is 16.8 Å². The average molecular weight is 519 g/mol. The van der Waals surface area contributed by atoms with Gasteiger partial charge in [0.2, 0.25) is 0 Å². The van der Waals surface area contributed by atoms with Gasteiger partial charge in [0.1, 0.15) is 5.75 Å². The summed E-state index contributed by atoms with van der Waals surface area (Å²) in [5.74, 6) is -0.312. The zero-order valence-electron chi connectivity index (χ0n) is 20.4. The number of rotatable bonds is 10. The summed E-state index contributed by atoms with van der Waals surface area (Å²) >= 11 is 0. The highest BCUT2D eigenvalue weighted by Crippen LogP contribution is 2.27. The maximum atomic E-state index is 12.5. The summed E-state index contributed by atoms with van der Waals surface area (Å²) in [6, 6.07) is 13.4. The first-order chi connectivity index (χ1) is 17.7. The van der Waals surface area contributed by atoms with Crippen LogP contribution >= 0.6 is 0 Å². The second-order valence-corrected chi connectivity index (χ2v) is 8.95. The highest BCUT2D eigenvalue weighted by Gasteiger charge is 2.31. The molecule has 1 aromatic heterocycles. The van der Waals surface area contributed by atoms with E-state index in [0.29, 0.717) is 23.5 Å². The van der Waals surface area contributed by atoms with Gasteiger partial charge in [-0.1, -0.05) is 0 Å². The van der Waals surface area contributed by atoms with E-state index in [0.717, 1.165) is 51.4 Å². The number of piperazine rings is 1. The van der Waals surface area contributed by atoms with Gasteiger partial charge >= 0.3 is 6.36 Å². The maximum absolute atomic E-state index is 12.5. The van der Waals surface area contributed by atoms with E-state index in [4.69, 9.17) is 0 Å². The Hall–Kier alpha value is -3.48. The summed E-state index contributed by atoms with van der Waals surface area (Å²) in [7, 11) is 2.13. The second kappa shape index (κ2) is 11.7. The van der Waals surface area contributed by atoms with Crippen molar-refractivity contribution in [2.75, 3.05) is 46.3 Å². The Morgan fingerprint density at radius 2 is 1.73 bits per heavy atom. The minimum Gasteiger partial charge on any atom is -0.406 e. The van der Waals surface area contributed by atoms with Crippen LogP contribution in [0.2, 0.25) is 0 Å². The number of alkyl halides is 3. The molecule has 1 aliphatic rings. The van der Waals surface area contributed by atoms with Gasteiger partial charge in [0.15, 0.2) is 0 Å². The fourth-order valence-electron chi connectivity index (χ4n) is 4.17. The number of likely N-dealkylation sites (N-methyl/N-ethyl adjacent to an activating group) is 1. The SMILES string of the molecule is CN1CCN(CCCNCc2cc(-c3ccc(OC(F)(F)F)cc3)nn2-c2ccc([N+](=O)[O-])cc2)CC1. The van der Waals surface area contributed by atoms with E-state index in [2.05, 4.69) is 32.0 Å². The molecule has 0 radical (unpaired) electrons. The molecular weight excluding hydrogens is 489 g/mol. The second-order valence-electron chi connectivity index (χ2n) is 8.95. The first-order valence-electron chi connectivity index (χ1n) is 12.0. The van der Waals surface area contributed by atoms with Gasteiger partial charge in [0.05, 0.1) is 22.0 Å². The van der Waals surface area contributed by atoms with Crippen molar-refractivity contribution in [3.8, 4) is 22.7 Å². The van der Waals surface area contributed by atoms with E-state index >= 15 is 0 Å². The molecule has 1 saturated heterocycles. The van der Waals surface area contributed by atoms with Crippen LogP contribution in [0.3, 0.4) is 0 Å². The molecule has 3 aromatic rings. The van der Waals surface area contributed by atoms with Crippen LogP contribution in [0.15, 0.2) is 54.6 Å². The molecule has 2 heterocycles. The van der Waals surface area contributed by atoms with Crippen molar-refractivity contribution in [3.05, 3.63) is 70.4 Å². The Morgan fingerprint density at radius 1 is 1.05 bits per heavy atom. The number of ether oxygens (including phenoxy) is 1. The summed E-state index contributed by atoms with van der Waals surface area (Å²) in [4.78, 5) is 15.3. The lowest BCUT2D eigenvalue weighted by atomic mass is 10.1. The van der Waals surface area contributed by atoms with E-state index in [9.17, 15) is 23.3 Å². The van der Waals surface area contributed by atoms with Crippen LogP contribution in [-0.2, 0) is 6.54 Å². The first kappa shape index (κ1) is 26.6.